The lowest BCUT2D eigenvalue weighted by molar-refractivity contribution is 0.100. The van der Waals surface area contributed by atoms with Gasteiger partial charge in [-0.15, -0.1) is 12.4 Å². The number of aromatic nitrogens is 5. The lowest BCUT2D eigenvalue weighted by Gasteiger charge is -2.05. The molecule has 0 bridgehead atoms. The molecule has 2 aromatic carbocycles. The van der Waals surface area contributed by atoms with Crippen LogP contribution >= 0.6 is 12.4 Å². The van der Waals surface area contributed by atoms with Gasteiger partial charge in [0.2, 0.25) is 5.91 Å². The molecule has 0 aliphatic heterocycles. The number of nitrogens with two attached hydrogens (primary N) is 1. The van der Waals surface area contributed by atoms with Crippen LogP contribution in [0.25, 0.3) is 34.2 Å². The zero-order valence-electron chi connectivity index (χ0n) is 15.8. The summed E-state index contributed by atoms with van der Waals surface area (Å²) in [5.74, 6) is 0.645. The fraction of sp³-hybridized carbons (Fsp3) is 0.143. The van der Waals surface area contributed by atoms with Crippen molar-refractivity contribution in [2.24, 2.45) is 5.73 Å². The number of amides is 1. The molecule has 30 heavy (non-hydrogen) atoms. The molecule has 2 heterocycles. The van der Waals surface area contributed by atoms with Gasteiger partial charge in [0, 0.05) is 22.7 Å². The molecule has 9 heteroatoms. The molecule has 4 aromatic rings. The maximum absolute atomic E-state index is 12.3. The van der Waals surface area contributed by atoms with Crippen molar-refractivity contribution in [3.05, 3.63) is 70.6 Å². The van der Waals surface area contributed by atoms with Crippen LogP contribution in [0.4, 0.5) is 0 Å². The standard InChI is InChI=1S/C21H18N6O2.ClH/c22-18(28)14-8-4-7-13(11-14)16-17(20-25-26-21(29)27(20)15-9-10-15)24-19(23-16)12-5-2-1-3-6-12;/h1-8,11,15H,9-10H2,(H2,22,28)(H,23,24)(H,26,29);1H. The summed E-state index contributed by atoms with van der Waals surface area (Å²) in [4.78, 5) is 32.1. The number of nitrogens with zero attached hydrogens (tertiary/aromatic N) is 3. The Hall–Kier alpha value is -3.65. The van der Waals surface area contributed by atoms with Gasteiger partial charge in [-0.3, -0.25) is 9.36 Å². The molecule has 0 spiro atoms. The van der Waals surface area contributed by atoms with E-state index in [0.717, 1.165) is 18.4 Å². The summed E-state index contributed by atoms with van der Waals surface area (Å²) in [6, 6.07) is 16.8. The van der Waals surface area contributed by atoms with Crippen molar-refractivity contribution >= 4 is 18.3 Å². The average Bonchev–Trinajstić information content (AvgIpc) is 3.36. The Balaban J connectivity index is 0.00000218. The number of rotatable bonds is 5. The van der Waals surface area contributed by atoms with Gasteiger partial charge >= 0.3 is 5.69 Å². The number of hydrogen-bond acceptors (Lipinski definition) is 4. The number of primary amides is 1. The van der Waals surface area contributed by atoms with Crippen LogP contribution in [0.5, 0.6) is 0 Å². The number of hydrogen-bond donors (Lipinski definition) is 3. The van der Waals surface area contributed by atoms with Gasteiger partial charge in [0.1, 0.15) is 17.2 Å². The highest BCUT2D eigenvalue weighted by atomic mass is 35.5. The molecule has 2 aromatic heterocycles. The van der Waals surface area contributed by atoms with Crippen molar-refractivity contribution < 1.29 is 4.79 Å². The summed E-state index contributed by atoms with van der Waals surface area (Å²) in [7, 11) is 0. The zero-order valence-corrected chi connectivity index (χ0v) is 16.6. The van der Waals surface area contributed by atoms with E-state index in [2.05, 4.69) is 15.2 Å². The molecule has 152 valence electrons. The van der Waals surface area contributed by atoms with Crippen LogP contribution < -0.4 is 11.4 Å². The number of carbonyl (C=O) groups is 1. The molecule has 5 rings (SSSR count). The predicted molar refractivity (Wildman–Crippen MR) is 115 cm³/mol. The predicted octanol–water partition coefficient (Wildman–Crippen LogP) is 3.15. The van der Waals surface area contributed by atoms with Crippen LogP contribution in [0.2, 0.25) is 0 Å². The molecule has 0 radical (unpaired) electrons. The first kappa shape index (κ1) is 19.7. The van der Waals surface area contributed by atoms with E-state index in [-0.39, 0.29) is 24.1 Å². The van der Waals surface area contributed by atoms with Crippen LogP contribution in [0, 0.1) is 0 Å². The Kier molecular flexibility index (Phi) is 5.01. The largest absolute Gasteiger partial charge is 0.366 e. The van der Waals surface area contributed by atoms with Gasteiger partial charge in [-0.1, -0.05) is 42.5 Å². The van der Waals surface area contributed by atoms with Gasteiger partial charge in [0.15, 0.2) is 5.82 Å². The molecule has 0 atom stereocenters. The van der Waals surface area contributed by atoms with E-state index < -0.39 is 5.91 Å². The molecular weight excluding hydrogens is 404 g/mol. The Bertz CT molecular complexity index is 1270. The van der Waals surface area contributed by atoms with E-state index in [4.69, 9.17) is 10.7 Å². The van der Waals surface area contributed by atoms with Crippen molar-refractivity contribution in [3.63, 3.8) is 0 Å². The number of benzene rings is 2. The van der Waals surface area contributed by atoms with E-state index in [9.17, 15) is 9.59 Å². The molecule has 1 fully saturated rings. The summed E-state index contributed by atoms with van der Waals surface area (Å²) in [5, 5.41) is 6.81. The van der Waals surface area contributed by atoms with Crippen molar-refractivity contribution in [1.29, 1.82) is 0 Å². The molecule has 8 nitrogen and oxygen atoms in total. The highest BCUT2D eigenvalue weighted by Crippen LogP contribution is 2.38. The van der Waals surface area contributed by atoms with Crippen LogP contribution in [0.3, 0.4) is 0 Å². The van der Waals surface area contributed by atoms with Crippen LogP contribution in [0.15, 0.2) is 59.4 Å². The minimum Gasteiger partial charge on any atom is -0.366 e. The molecule has 1 aliphatic rings. The van der Waals surface area contributed by atoms with Gasteiger partial charge in [0.25, 0.3) is 0 Å². The van der Waals surface area contributed by atoms with Gasteiger partial charge < -0.3 is 10.7 Å². The molecule has 4 N–H and O–H groups in total. The first-order valence-electron chi connectivity index (χ1n) is 9.35. The number of carbonyl (C=O) groups excluding carboxylic acids is 1. The monoisotopic (exact) mass is 422 g/mol. The van der Waals surface area contributed by atoms with E-state index in [1.807, 2.05) is 36.4 Å². The SMILES string of the molecule is Cl.NC(=O)c1cccc(-c2nc(-c3ccccc3)[nH]c2-c2n[nH]c(=O)n2C2CC2)c1. The zero-order chi connectivity index (χ0) is 20.0. The second-order valence-corrected chi connectivity index (χ2v) is 7.07. The molecule has 1 saturated carbocycles. The molecule has 0 unspecified atom stereocenters. The Labute approximate surface area is 177 Å². The highest BCUT2D eigenvalue weighted by molar-refractivity contribution is 5.94. The summed E-state index contributed by atoms with van der Waals surface area (Å²) in [6.07, 6.45) is 1.89. The lowest BCUT2D eigenvalue weighted by Crippen LogP contribution is -2.16. The van der Waals surface area contributed by atoms with Crippen molar-refractivity contribution in [3.8, 4) is 34.2 Å². The Morgan fingerprint density at radius 2 is 1.80 bits per heavy atom. The van der Waals surface area contributed by atoms with E-state index in [0.29, 0.717) is 34.2 Å². The molecular formula is C21H19ClN6O2. The van der Waals surface area contributed by atoms with Gasteiger partial charge in [-0.05, 0) is 25.0 Å². The normalized spacial score (nSPS) is 13.1. The average molecular weight is 423 g/mol. The fourth-order valence-electron chi connectivity index (χ4n) is 3.45. The Morgan fingerprint density at radius 3 is 2.50 bits per heavy atom. The molecule has 1 amide bonds. The number of aromatic amines is 2. The van der Waals surface area contributed by atoms with Crippen molar-refractivity contribution in [2.45, 2.75) is 18.9 Å². The van der Waals surface area contributed by atoms with Crippen molar-refractivity contribution in [1.82, 2.24) is 24.7 Å². The van der Waals surface area contributed by atoms with Gasteiger partial charge in [0.05, 0.1) is 0 Å². The smallest absolute Gasteiger partial charge is 0.343 e. The molecule has 1 aliphatic carbocycles. The second-order valence-electron chi connectivity index (χ2n) is 7.07. The highest BCUT2D eigenvalue weighted by Gasteiger charge is 2.31. The minimum atomic E-state index is -0.512. The minimum absolute atomic E-state index is 0. The summed E-state index contributed by atoms with van der Waals surface area (Å²) < 4.78 is 1.67. The second kappa shape index (κ2) is 7.64. The van der Waals surface area contributed by atoms with Crippen LogP contribution in [-0.2, 0) is 0 Å². The fourth-order valence-corrected chi connectivity index (χ4v) is 3.45. The Morgan fingerprint density at radius 1 is 1.07 bits per heavy atom. The number of H-pyrrole nitrogens is 2. The van der Waals surface area contributed by atoms with Crippen molar-refractivity contribution in [2.75, 3.05) is 0 Å². The van der Waals surface area contributed by atoms with Crippen LogP contribution in [0.1, 0.15) is 29.2 Å². The lowest BCUT2D eigenvalue weighted by atomic mass is 10.1. The maximum atomic E-state index is 12.3. The first-order chi connectivity index (χ1) is 14.1. The maximum Gasteiger partial charge on any atom is 0.343 e. The van der Waals surface area contributed by atoms with E-state index >= 15 is 0 Å². The molecule has 0 saturated heterocycles. The topological polar surface area (TPSA) is 122 Å². The summed E-state index contributed by atoms with van der Waals surface area (Å²) >= 11 is 0. The number of halogens is 1. The van der Waals surface area contributed by atoms with Gasteiger partial charge in [-0.2, -0.15) is 5.10 Å². The first-order valence-corrected chi connectivity index (χ1v) is 9.35. The van der Waals surface area contributed by atoms with Gasteiger partial charge in [-0.25, -0.2) is 14.9 Å². The third-order valence-electron chi connectivity index (χ3n) is 5.01. The third-order valence-corrected chi connectivity index (χ3v) is 5.01. The van der Waals surface area contributed by atoms with E-state index in [1.165, 1.54) is 0 Å². The third kappa shape index (κ3) is 3.42. The number of imidazole rings is 1. The quantitative estimate of drug-likeness (QED) is 0.457. The van der Waals surface area contributed by atoms with Crippen LogP contribution in [-0.4, -0.2) is 30.6 Å². The summed E-state index contributed by atoms with van der Waals surface area (Å²) in [5.41, 5.74) is 8.44. The summed E-state index contributed by atoms with van der Waals surface area (Å²) in [6.45, 7) is 0. The number of nitrogens with one attached hydrogen (secondary N) is 2. The van der Waals surface area contributed by atoms with E-state index in [1.54, 1.807) is 22.8 Å².